The van der Waals surface area contributed by atoms with Crippen molar-refractivity contribution >= 4 is 45.2 Å². The van der Waals surface area contributed by atoms with Gasteiger partial charge in [0, 0.05) is 52.0 Å². The molecule has 5 rings (SSSR count). The van der Waals surface area contributed by atoms with Gasteiger partial charge in [0.15, 0.2) is 12.4 Å². The van der Waals surface area contributed by atoms with Crippen molar-refractivity contribution in [1.29, 1.82) is 0 Å². The SMILES string of the molecule is C[n+]1ccc(Nc2cccc(C(=O)Nc3ccc(Nc4ccnc5ccccc45)cc3)c2)cc1.[Cl-].[Cl-]. The Bertz CT molecular complexity index is 1450. The quantitative estimate of drug-likeness (QED) is 0.273. The van der Waals surface area contributed by atoms with Crippen molar-refractivity contribution in [3.05, 3.63) is 115 Å². The summed E-state index contributed by atoms with van der Waals surface area (Å²) in [6.45, 7) is 0. The molecule has 0 unspecified atom stereocenters. The molecule has 3 aromatic carbocycles. The van der Waals surface area contributed by atoms with Crippen LogP contribution >= 0.6 is 0 Å². The van der Waals surface area contributed by atoms with Gasteiger partial charge in [-0.1, -0.05) is 24.3 Å². The van der Waals surface area contributed by atoms with Crippen LogP contribution in [0.25, 0.3) is 10.9 Å². The number of halogens is 2. The molecule has 6 nitrogen and oxygen atoms in total. The van der Waals surface area contributed by atoms with E-state index in [0.29, 0.717) is 5.56 Å². The number of carbonyl (C=O) groups excluding carboxylic acids is 1. The van der Waals surface area contributed by atoms with Crippen molar-refractivity contribution < 1.29 is 34.2 Å². The first-order chi connectivity index (χ1) is 16.6. The lowest BCUT2D eigenvalue weighted by atomic mass is 10.1. The molecular weight excluding hydrogens is 493 g/mol. The fourth-order valence-corrected chi connectivity index (χ4v) is 3.69. The van der Waals surface area contributed by atoms with Gasteiger partial charge in [-0.3, -0.25) is 9.78 Å². The molecular formula is C28H24Cl2N5O-. The summed E-state index contributed by atoms with van der Waals surface area (Å²) < 4.78 is 1.97. The highest BCUT2D eigenvalue weighted by atomic mass is 35.5. The zero-order chi connectivity index (χ0) is 23.3. The minimum atomic E-state index is -0.163. The van der Waals surface area contributed by atoms with E-state index in [4.69, 9.17) is 0 Å². The molecule has 0 spiro atoms. The zero-order valence-corrected chi connectivity index (χ0v) is 21.0. The van der Waals surface area contributed by atoms with Gasteiger partial charge < -0.3 is 40.8 Å². The number of anilines is 5. The van der Waals surface area contributed by atoms with E-state index < -0.39 is 0 Å². The number of para-hydroxylation sites is 1. The van der Waals surface area contributed by atoms with E-state index in [-0.39, 0.29) is 30.7 Å². The third-order valence-corrected chi connectivity index (χ3v) is 5.46. The molecule has 0 aliphatic carbocycles. The third kappa shape index (κ3) is 6.30. The molecule has 0 saturated carbocycles. The Kier molecular flexibility index (Phi) is 8.84. The third-order valence-electron chi connectivity index (χ3n) is 5.46. The van der Waals surface area contributed by atoms with Crippen LogP contribution in [0.15, 0.2) is 110 Å². The van der Waals surface area contributed by atoms with Crippen LogP contribution in [0.4, 0.5) is 28.4 Å². The average molecular weight is 517 g/mol. The highest BCUT2D eigenvalue weighted by Crippen LogP contribution is 2.26. The topological polar surface area (TPSA) is 69.9 Å². The van der Waals surface area contributed by atoms with Gasteiger partial charge in [-0.15, -0.1) is 0 Å². The van der Waals surface area contributed by atoms with Crippen LogP contribution in [0.3, 0.4) is 0 Å². The minimum Gasteiger partial charge on any atom is -1.00 e. The maximum Gasteiger partial charge on any atom is 0.255 e. The van der Waals surface area contributed by atoms with Gasteiger partial charge in [-0.05, 0) is 54.6 Å². The lowest BCUT2D eigenvalue weighted by Gasteiger charge is -2.11. The molecule has 8 heteroatoms. The Labute approximate surface area is 222 Å². The van der Waals surface area contributed by atoms with E-state index in [9.17, 15) is 4.79 Å². The van der Waals surface area contributed by atoms with Crippen LogP contribution < -0.4 is 45.3 Å². The summed E-state index contributed by atoms with van der Waals surface area (Å²) in [5.41, 5.74) is 5.97. The number of nitrogens with one attached hydrogen (secondary N) is 3. The first-order valence-electron chi connectivity index (χ1n) is 11.0. The van der Waals surface area contributed by atoms with E-state index in [1.807, 2.05) is 109 Å². The van der Waals surface area contributed by atoms with E-state index >= 15 is 0 Å². The van der Waals surface area contributed by atoms with Gasteiger partial charge in [0.1, 0.15) is 7.05 Å². The molecule has 36 heavy (non-hydrogen) atoms. The second kappa shape index (κ2) is 12.0. The molecule has 0 saturated heterocycles. The van der Waals surface area contributed by atoms with Crippen molar-refractivity contribution in [2.24, 2.45) is 7.05 Å². The number of aromatic nitrogens is 2. The van der Waals surface area contributed by atoms with Crippen LogP contribution in [-0.4, -0.2) is 10.9 Å². The Morgan fingerprint density at radius 3 is 2.19 bits per heavy atom. The monoisotopic (exact) mass is 516 g/mol. The predicted molar refractivity (Wildman–Crippen MR) is 137 cm³/mol. The van der Waals surface area contributed by atoms with E-state index in [1.165, 1.54) is 0 Å². The van der Waals surface area contributed by atoms with Crippen LogP contribution in [0.2, 0.25) is 0 Å². The standard InChI is InChI=1S/C28H23N5O.2ClH/c1-33-17-14-23(15-18-33)30-24-6-4-5-20(19-24)28(34)32-22-11-9-21(10-12-22)31-27-13-16-29-26-8-3-2-7-25(26)27;;/h2-19H,1H3,(H2,29,31,32,34);2*1H/p-1. The Hall–Kier alpha value is -4.13. The van der Waals surface area contributed by atoms with Crippen LogP contribution in [0, 0.1) is 0 Å². The van der Waals surface area contributed by atoms with E-state index in [2.05, 4.69) is 20.9 Å². The van der Waals surface area contributed by atoms with Crippen LogP contribution in [0.5, 0.6) is 0 Å². The summed E-state index contributed by atoms with van der Waals surface area (Å²) in [5, 5.41) is 10.8. The lowest BCUT2D eigenvalue weighted by Crippen LogP contribution is -3.00. The van der Waals surface area contributed by atoms with Crippen LogP contribution in [-0.2, 0) is 7.05 Å². The number of carbonyl (C=O) groups is 1. The number of amides is 1. The maximum absolute atomic E-state index is 12.8. The number of hydrogen-bond donors (Lipinski definition) is 3. The summed E-state index contributed by atoms with van der Waals surface area (Å²) in [6.07, 6.45) is 5.73. The second-order valence-electron chi connectivity index (χ2n) is 7.99. The Morgan fingerprint density at radius 2 is 1.42 bits per heavy atom. The maximum atomic E-state index is 12.8. The van der Waals surface area contributed by atoms with Crippen LogP contribution in [0.1, 0.15) is 10.4 Å². The average Bonchev–Trinajstić information content (AvgIpc) is 2.87. The summed E-state index contributed by atoms with van der Waals surface area (Å²) in [7, 11) is 1.97. The highest BCUT2D eigenvalue weighted by Gasteiger charge is 2.08. The molecule has 182 valence electrons. The van der Waals surface area contributed by atoms with Crippen molar-refractivity contribution in [1.82, 2.24) is 4.98 Å². The van der Waals surface area contributed by atoms with Crippen molar-refractivity contribution in [2.45, 2.75) is 0 Å². The molecule has 0 aliphatic heterocycles. The lowest BCUT2D eigenvalue weighted by molar-refractivity contribution is -0.671. The predicted octanol–water partition coefficient (Wildman–Crippen LogP) is -0.193. The largest absolute Gasteiger partial charge is 1.00 e. The number of hydrogen-bond acceptors (Lipinski definition) is 4. The molecule has 0 aliphatic rings. The van der Waals surface area contributed by atoms with Gasteiger partial charge in [0.25, 0.3) is 5.91 Å². The summed E-state index contributed by atoms with van der Waals surface area (Å²) in [6, 6.07) is 29.0. The van der Waals surface area contributed by atoms with E-state index in [1.54, 1.807) is 12.3 Å². The number of nitrogens with zero attached hydrogens (tertiary/aromatic N) is 2. The fourth-order valence-electron chi connectivity index (χ4n) is 3.69. The molecule has 5 aromatic rings. The minimum absolute atomic E-state index is 0. The molecule has 2 aromatic heterocycles. The molecule has 2 heterocycles. The van der Waals surface area contributed by atoms with Crippen molar-refractivity contribution in [2.75, 3.05) is 16.0 Å². The zero-order valence-electron chi connectivity index (χ0n) is 19.5. The van der Waals surface area contributed by atoms with Gasteiger partial charge in [0.2, 0.25) is 0 Å². The second-order valence-corrected chi connectivity index (χ2v) is 7.99. The molecule has 0 bridgehead atoms. The summed E-state index contributed by atoms with van der Waals surface area (Å²) in [4.78, 5) is 17.2. The highest BCUT2D eigenvalue weighted by molar-refractivity contribution is 6.05. The molecule has 3 N–H and O–H groups in total. The number of benzene rings is 3. The van der Waals surface area contributed by atoms with Gasteiger partial charge >= 0.3 is 0 Å². The number of pyridine rings is 2. The summed E-state index contributed by atoms with van der Waals surface area (Å²) in [5.74, 6) is -0.163. The molecule has 1 amide bonds. The van der Waals surface area contributed by atoms with Crippen molar-refractivity contribution in [3.63, 3.8) is 0 Å². The van der Waals surface area contributed by atoms with Gasteiger partial charge in [0.05, 0.1) is 11.2 Å². The Balaban J connectivity index is 0.00000180. The smallest absolute Gasteiger partial charge is 0.255 e. The number of aryl methyl sites for hydroxylation is 1. The Morgan fingerprint density at radius 1 is 0.722 bits per heavy atom. The van der Waals surface area contributed by atoms with Gasteiger partial charge in [-0.2, -0.15) is 0 Å². The van der Waals surface area contributed by atoms with Gasteiger partial charge in [-0.25, -0.2) is 4.57 Å². The molecule has 0 fully saturated rings. The molecule has 0 atom stereocenters. The first kappa shape index (κ1) is 26.5. The number of fused-ring (bicyclic) bond motifs is 1. The summed E-state index contributed by atoms with van der Waals surface area (Å²) >= 11 is 0. The van der Waals surface area contributed by atoms with Crippen molar-refractivity contribution in [3.8, 4) is 0 Å². The van der Waals surface area contributed by atoms with E-state index in [0.717, 1.165) is 39.3 Å². The number of rotatable bonds is 6. The molecule has 0 radical (unpaired) electrons. The fraction of sp³-hybridized carbons (Fsp3) is 0.0357. The first-order valence-corrected chi connectivity index (χ1v) is 11.0. The normalized spacial score (nSPS) is 10.0.